The number of rotatable bonds is 6. The molecule has 1 fully saturated rings. The average molecular weight is 403 g/mol. The van der Waals surface area contributed by atoms with Crippen molar-refractivity contribution in [1.29, 1.82) is 0 Å². The van der Waals surface area contributed by atoms with Crippen molar-refractivity contribution in [2.45, 2.75) is 19.4 Å². The van der Waals surface area contributed by atoms with Crippen LogP contribution in [0.2, 0.25) is 0 Å². The Balaban J connectivity index is 1.29. The lowest BCUT2D eigenvalue weighted by Crippen LogP contribution is -2.40. The molecular weight excluding hydrogens is 378 g/mol. The van der Waals surface area contributed by atoms with Crippen LogP contribution >= 0.6 is 0 Å². The molecule has 1 amide bonds. The lowest BCUT2D eigenvalue weighted by atomic mass is 9.96. The molecule has 0 aliphatic carbocycles. The number of pyridine rings is 1. The Hall–Kier alpha value is -3.48. The fourth-order valence-corrected chi connectivity index (χ4v) is 3.61. The van der Waals surface area contributed by atoms with E-state index >= 15 is 0 Å². The number of amides is 1. The van der Waals surface area contributed by atoms with Crippen LogP contribution in [0.4, 0.5) is 5.82 Å². The van der Waals surface area contributed by atoms with Crippen LogP contribution in [0.15, 0.2) is 60.8 Å². The molecule has 1 saturated heterocycles. The Bertz CT molecular complexity index is 953. The topological polar surface area (TPSA) is 80.2 Å². The van der Waals surface area contributed by atoms with Gasteiger partial charge in [0, 0.05) is 30.8 Å². The number of carbonyl (C=O) groups excluding carboxylic acids is 1. The highest BCUT2D eigenvalue weighted by atomic mass is 16.5. The number of nitrogens with one attached hydrogen (secondary N) is 1. The second-order valence-electron chi connectivity index (χ2n) is 7.31. The monoisotopic (exact) mass is 403 g/mol. The van der Waals surface area contributed by atoms with Crippen molar-refractivity contribution >= 4 is 11.7 Å². The summed E-state index contributed by atoms with van der Waals surface area (Å²) in [6, 6.07) is 17.4. The van der Waals surface area contributed by atoms with E-state index in [0.29, 0.717) is 6.54 Å². The SMILES string of the molecule is COc1ccc(-c2ccc(N3CCC(C(=O)NCc4ccccn4)CC3)nn2)cc1. The van der Waals surface area contributed by atoms with Crippen LogP contribution in [0.25, 0.3) is 11.3 Å². The number of hydrogen-bond acceptors (Lipinski definition) is 6. The molecule has 0 unspecified atom stereocenters. The maximum Gasteiger partial charge on any atom is 0.223 e. The number of methoxy groups -OCH3 is 1. The number of aromatic nitrogens is 3. The molecule has 7 heteroatoms. The van der Waals surface area contributed by atoms with Crippen molar-refractivity contribution in [3.8, 4) is 17.0 Å². The summed E-state index contributed by atoms with van der Waals surface area (Å²) < 4.78 is 5.19. The molecule has 154 valence electrons. The molecule has 0 radical (unpaired) electrons. The first kappa shape index (κ1) is 19.8. The summed E-state index contributed by atoms with van der Waals surface area (Å²) in [5.41, 5.74) is 2.69. The molecule has 3 heterocycles. The number of carbonyl (C=O) groups is 1. The molecule has 1 aromatic carbocycles. The van der Waals surface area contributed by atoms with Gasteiger partial charge in [-0.05, 0) is 61.4 Å². The predicted octanol–water partition coefficient (Wildman–Crippen LogP) is 3.08. The number of anilines is 1. The largest absolute Gasteiger partial charge is 0.497 e. The molecule has 1 aliphatic rings. The molecule has 1 N–H and O–H groups in total. The summed E-state index contributed by atoms with van der Waals surface area (Å²) in [4.78, 5) is 18.9. The minimum absolute atomic E-state index is 0.0245. The van der Waals surface area contributed by atoms with E-state index in [1.165, 1.54) is 0 Å². The maximum absolute atomic E-state index is 12.5. The molecule has 7 nitrogen and oxygen atoms in total. The van der Waals surface area contributed by atoms with E-state index in [9.17, 15) is 4.79 Å². The first-order valence-electron chi connectivity index (χ1n) is 10.1. The van der Waals surface area contributed by atoms with E-state index in [0.717, 1.165) is 54.4 Å². The second kappa shape index (κ2) is 9.35. The van der Waals surface area contributed by atoms with Crippen molar-refractivity contribution in [3.63, 3.8) is 0 Å². The Kier molecular flexibility index (Phi) is 6.17. The first-order valence-corrected chi connectivity index (χ1v) is 10.1. The van der Waals surface area contributed by atoms with Crippen LogP contribution < -0.4 is 15.0 Å². The molecule has 30 heavy (non-hydrogen) atoms. The fraction of sp³-hybridized carbons (Fsp3) is 0.304. The maximum atomic E-state index is 12.5. The van der Waals surface area contributed by atoms with Crippen LogP contribution in [0.3, 0.4) is 0 Å². The smallest absolute Gasteiger partial charge is 0.223 e. The van der Waals surface area contributed by atoms with Gasteiger partial charge in [-0.25, -0.2) is 0 Å². The van der Waals surface area contributed by atoms with Crippen molar-refractivity contribution in [2.75, 3.05) is 25.1 Å². The van der Waals surface area contributed by atoms with Gasteiger partial charge in [0.15, 0.2) is 5.82 Å². The number of nitrogens with zero attached hydrogens (tertiary/aromatic N) is 4. The van der Waals surface area contributed by atoms with Gasteiger partial charge in [-0.15, -0.1) is 10.2 Å². The third-order valence-corrected chi connectivity index (χ3v) is 5.40. The van der Waals surface area contributed by atoms with Crippen LogP contribution in [0, 0.1) is 5.92 Å². The van der Waals surface area contributed by atoms with Gasteiger partial charge in [0.05, 0.1) is 25.0 Å². The molecule has 0 saturated carbocycles. The summed E-state index contributed by atoms with van der Waals surface area (Å²) in [6.45, 7) is 2.05. The Morgan fingerprint density at radius 1 is 1.07 bits per heavy atom. The first-order chi connectivity index (χ1) is 14.7. The molecule has 3 aromatic rings. The van der Waals surface area contributed by atoms with E-state index in [1.807, 2.05) is 54.6 Å². The van der Waals surface area contributed by atoms with Crippen molar-refractivity contribution < 1.29 is 9.53 Å². The van der Waals surface area contributed by atoms with Crippen molar-refractivity contribution in [2.24, 2.45) is 5.92 Å². The Morgan fingerprint density at radius 2 is 1.87 bits per heavy atom. The van der Waals surface area contributed by atoms with Crippen molar-refractivity contribution in [3.05, 3.63) is 66.5 Å². The standard InChI is InChI=1S/C23H25N5O2/c1-30-20-7-5-17(6-8-20)21-9-10-22(27-26-21)28-14-11-18(12-15-28)23(29)25-16-19-4-2-3-13-24-19/h2-10,13,18H,11-12,14-16H2,1H3,(H,25,29). The summed E-state index contributed by atoms with van der Waals surface area (Å²) >= 11 is 0. The normalized spacial score (nSPS) is 14.4. The molecular formula is C23H25N5O2. The number of hydrogen-bond donors (Lipinski definition) is 1. The highest BCUT2D eigenvalue weighted by Crippen LogP contribution is 2.24. The lowest BCUT2D eigenvalue weighted by molar-refractivity contribution is -0.125. The zero-order valence-corrected chi connectivity index (χ0v) is 17.0. The lowest BCUT2D eigenvalue weighted by Gasteiger charge is -2.31. The molecule has 2 aromatic heterocycles. The highest BCUT2D eigenvalue weighted by Gasteiger charge is 2.25. The van der Waals surface area contributed by atoms with Gasteiger partial charge in [0.25, 0.3) is 0 Å². The van der Waals surface area contributed by atoms with E-state index in [4.69, 9.17) is 4.74 Å². The van der Waals surface area contributed by atoms with E-state index in [2.05, 4.69) is 25.4 Å². The summed E-state index contributed by atoms with van der Waals surface area (Å²) in [5, 5.41) is 11.8. The molecule has 0 bridgehead atoms. The van der Waals surface area contributed by atoms with Gasteiger partial charge < -0.3 is 15.0 Å². The Morgan fingerprint density at radius 3 is 2.50 bits per heavy atom. The predicted molar refractivity (Wildman–Crippen MR) is 115 cm³/mol. The number of ether oxygens (including phenoxy) is 1. The third kappa shape index (κ3) is 4.74. The van der Waals surface area contributed by atoms with Crippen LogP contribution in [-0.2, 0) is 11.3 Å². The van der Waals surface area contributed by atoms with Crippen LogP contribution in [-0.4, -0.2) is 41.3 Å². The van der Waals surface area contributed by atoms with Gasteiger partial charge in [-0.2, -0.15) is 0 Å². The average Bonchev–Trinajstić information content (AvgIpc) is 2.83. The Labute approximate surface area is 176 Å². The molecule has 0 spiro atoms. The van der Waals surface area contributed by atoms with E-state index in [1.54, 1.807) is 13.3 Å². The summed E-state index contributed by atoms with van der Waals surface area (Å²) in [5.74, 6) is 1.78. The van der Waals surface area contributed by atoms with Gasteiger partial charge in [-0.3, -0.25) is 9.78 Å². The van der Waals surface area contributed by atoms with E-state index < -0.39 is 0 Å². The zero-order valence-electron chi connectivity index (χ0n) is 17.0. The number of piperidine rings is 1. The fourth-order valence-electron chi connectivity index (χ4n) is 3.61. The van der Waals surface area contributed by atoms with Crippen LogP contribution in [0.5, 0.6) is 5.75 Å². The second-order valence-corrected chi connectivity index (χ2v) is 7.31. The summed E-state index contributed by atoms with van der Waals surface area (Å²) in [6.07, 6.45) is 3.34. The van der Waals surface area contributed by atoms with Gasteiger partial charge in [0.2, 0.25) is 5.91 Å². The highest BCUT2D eigenvalue weighted by molar-refractivity contribution is 5.78. The zero-order chi connectivity index (χ0) is 20.8. The van der Waals surface area contributed by atoms with E-state index in [-0.39, 0.29) is 11.8 Å². The minimum Gasteiger partial charge on any atom is -0.497 e. The summed E-state index contributed by atoms with van der Waals surface area (Å²) in [7, 11) is 1.65. The van der Waals surface area contributed by atoms with Crippen LogP contribution in [0.1, 0.15) is 18.5 Å². The molecule has 1 aliphatic heterocycles. The van der Waals surface area contributed by atoms with Gasteiger partial charge in [-0.1, -0.05) is 6.07 Å². The quantitative estimate of drug-likeness (QED) is 0.681. The number of benzene rings is 1. The third-order valence-electron chi connectivity index (χ3n) is 5.40. The molecule has 4 rings (SSSR count). The van der Waals surface area contributed by atoms with Gasteiger partial charge >= 0.3 is 0 Å². The van der Waals surface area contributed by atoms with Crippen molar-refractivity contribution in [1.82, 2.24) is 20.5 Å². The molecule has 0 atom stereocenters. The minimum atomic E-state index is 0.0245. The van der Waals surface area contributed by atoms with Gasteiger partial charge in [0.1, 0.15) is 5.75 Å².